The number of hydrogen-bond acceptors (Lipinski definition) is 4. The first-order valence-electron chi connectivity index (χ1n) is 5.21. The predicted octanol–water partition coefficient (Wildman–Crippen LogP) is 1.23. The number of benzene rings is 1. The first-order valence-corrected chi connectivity index (χ1v) is 6.69. The summed E-state index contributed by atoms with van der Waals surface area (Å²) in [6.45, 7) is 1.82. The molecule has 0 aliphatic rings. The summed E-state index contributed by atoms with van der Waals surface area (Å²) in [5.74, 6) is 0.147. The number of aromatic nitrogens is 2. The highest BCUT2D eigenvalue weighted by Crippen LogP contribution is 2.19. The molecule has 1 heterocycles. The molecule has 2 aromatic rings. The Balaban J connectivity index is 2.33. The zero-order chi connectivity index (χ0) is 13.3. The van der Waals surface area contributed by atoms with Crippen molar-refractivity contribution >= 4 is 15.8 Å². The highest BCUT2D eigenvalue weighted by molar-refractivity contribution is 7.92. The van der Waals surface area contributed by atoms with Gasteiger partial charge in [-0.15, -0.1) is 0 Å². The fourth-order valence-corrected chi connectivity index (χ4v) is 2.48. The van der Waals surface area contributed by atoms with E-state index >= 15 is 0 Å². The molecule has 0 radical (unpaired) electrons. The molecule has 1 aromatic carbocycles. The van der Waals surface area contributed by atoms with Gasteiger partial charge in [0.2, 0.25) is 0 Å². The van der Waals surface area contributed by atoms with Crippen LogP contribution in [0.2, 0.25) is 0 Å². The van der Waals surface area contributed by atoms with Crippen LogP contribution in [0.15, 0.2) is 35.2 Å². The second-order valence-electron chi connectivity index (χ2n) is 3.90. The van der Waals surface area contributed by atoms with Gasteiger partial charge in [-0.1, -0.05) is 6.07 Å². The Morgan fingerprint density at radius 1 is 1.33 bits per heavy atom. The molecule has 2 rings (SSSR count). The Morgan fingerprint density at radius 2 is 2.06 bits per heavy atom. The molecule has 0 saturated heterocycles. The largest absolute Gasteiger partial charge is 0.508 e. The number of hydrogen-bond donors (Lipinski definition) is 2. The van der Waals surface area contributed by atoms with E-state index in [1.165, 1.54) is 24.3 Å². The number of rotatable bonds is 3. The maximum absolute atomic E-state index is 12.0. The third-order valence-corrected chi connectivity index (χ3v) is 3.83. The summed E-state index contributed by atoms with van der Waals surface area (Å²) in [5, 5.41) is 13.3. The van der Waals surface area contributed by atoms with Gasteiger partial charge in [0.15, 0.2) is 5.82 Å². The van der Waals surface area contributed by atoms with Crippen LogP contribution in [0, 0.1) is 6.92 Å². The molecule has 0 aliphatic heterocycles. The van der Waals surface area contributed by atoms with Gasteiger partial charge in [0.25, 0.3) is 10.0 Å². The Morgan fingerprint density at radius 3 is 2.61 bits per heavy atom. The minimum Gasteiger partial charge on any atom is -0.508 e. The Labute approximate surface area is 105 Å². The van der Waals surface area contributed by atoms with Crippen LogP contribution in [0.5, 0.6) is 5.75 Å². The highest BCUT2D eigenvalue weighted by atomic mass is 32.2. The lowest BCUT2D eigenvalue weighted by Crippen LogP contribution is -2.13. The summed E-state index contributed by atoms with van der Waals surface area (Å²) in [4.78, 5) is -0.00851. The van der Waals surface area contributed by atoms with Gasteiger partial charge in [-0.3, -0.25) is 9.40 Å². The lowest BCUT2D eigenvalue weighted by Gasteiger charge is -2.05. The molecular formula is C11H13N3O3S. The fraction of sp³-hybridized carbons (Fsp3) is 0.182. The number of aromatic hydroxyl groups is 1. The molecular weight excluding hydrogens is 254 g/mol. The molecule has 7 heteroatoms. The van der Waals surface area contributed by atoms with Gasteiger partial charge in [0.1, 0.15) is 5.75 Å². The van der Waals surface area contributed by atoms with E-state index in [-0.39, 0.29) is 16.5 Å². The Kier molecular flexibility index (Phi) is 3.00. The van der Waals surface area contributed by atoms with Gasteiger partial charge in [-0.05, 0) is 19.1 Å². The molecule has 1 aromatic heterocycles. The average Bonchev–Trinajstić information content (AvgIpc) is 2.57. The lowest BCUT2D eigenvalue weighted by molar-refractivity contribution is 0.473. The standard InChI is InChI=1S/C11H13N3O3S/c1-8-6-11(12-14(8)2)13-18(16,17)10-5-3-4-9(15)7-10/h3-7,15H,1-2H3,(H,12,13). The minimum absolute atomic E-state index is 0.00851. The summed E-state index contributed by atoms with van der Waals surface area (Å²) in [6.07, 6.45) is 0. The van der Waals surface area contributed by atoms with Crippen LogP contribution in [-0.4, -0.2) is 23.3 Å². The molecule has 0 unspecified atom stereocenters. The summed E-state index contributed by atoms with van der Waals surface area (Å²) in [5.41, 5.74) is 0.837. The van der Waals surface area contributed by atoms with Crippen LogP contribution in [0.4, 0.5) is 5.82 Å². The van der Waals surface area contributed by atoms with E-state index in [2.05, 4.69) is 9.82 Å². The number of nitrogens with zero attached hydrogens (tertiary/aromatic N) is 2. The number of nitrogens with one attached hydrogen (secondary N) is 1. The molecule has 0 spiro atoms. The average molecular weight is 267 g/mol. The number of anilines is 1. The third kappa shape index (κ3) is 2.45. The molecule has 96 valence electrons. The van der Waals surface area contributed by atoms with Crippen LogP contribution in [-0.2, 0) is 17.1 Å². The van der Waals surface area contributed by atoms with Crippen molar-refractivity contribution in [2.24, 2.45) is 7.05 Å². The van der Waals surface area contributed by atoms with E-state index < -0.39 is 10.0 Å². The molecule has 0 amide bonds. The van der Waals surface area contributed by atoms with Gasteiger partial charge >= 0.3 is 0 Å². The summed E-state index contributed by atoms with van der Waals surface area (Å²) in [7, 11) is -2.00. The maximum atomic E-state index is 12.0. The van der Waals surface area contributed by atoms with Gasteiger partial charge in [0, 0.05) is 24.9 Å². The summed E-state index contributed by atoms with van der Waals surface area (Å²) >= 11 is 0. The normalized spacial score (nSPS) is 11.4. The Hall–Kier alpha value is -2.02. The van der Waals surface area contributed by atoms with Gasteiger partial charge in [0.05, 0.1) is 4.90 Å². The van der Waals surface area contributed by atoms with E-state index in [4.69, 9.17) is 0 Å². The maximum Gasteiger partial charge on any atom is 0.263 e. The van der Waals surface area contributed by atoms with E-state index in [0.717, 1.165) is 5.69 Å². The first-order chi connectivity index (χ1) is 8.38. The molecule has 2 N–H and O–H groups in total. The van der Waals surface area contributed by atoms with E-state index in [1.54, 1.807) is 17.8 Å². The molecule has 0 aliphatic carbocycles. The SMILES string of the molecule is Cc1cc(NS(=O)(=O)c2cccc(O)c2)nn1C. The topological polar surface area (TPSA) is 84.2 Å². The van der Waals surface area contributed by atoms with Gasteiger partial charge < -0.3 is 5.11 Å². The van der Waals surface area contributed by atoms with Crippen molar-refractivity contribution in [3.05, 3.63) is 36.0 Å². The molecule has 6 nitrogen and oxygen atoms in total. The number of sulfonamides is 1. The molecule has 0 saturated carbocycles. The van der Waals surface area contributed by atoms with Crippen LogP contribution in [0.25, 0.3) is 0 Å². The van der Waals surface area contributed by atoms with Crippen molar-refractivity contribution in [2.75, 3.05) is 4.72 Å². The van der Waals surface area contributed by atoms with Gasteiger partial charge in [-0.2, -0.15) is 5.10 Å². The third-order valence-electron chi connectivity index (χ3n) is 2.48. The highest BCUT2D eigenvalue weighted by Gasteiger charge is 2.16. The van der Waals surface area contributed by atoms with E-state index in [9.17, 15) is 13.5 Å². The zero-order valence-corrected chi connectivity index (χ0v) is 10.8. The molecule has 0 bridgehead atoms. The smallest absolute Gasteiger partial charge is 0.263 e. The summed E-state index contributed by atoms with van der Waals surface area (Å²) in [6, 6.07) is 7.08. The van der Waals surface area contributed by atoms with Crippen molar-refractivity contribution in [3.63, 3.8) is 0 Å². The van der Waals surface area contributed by atoms with E-state index in [1.807, 2.05) is 6.92 Å². The van der Waals surface area contributed by atoms with Crippen LogP contribution >= 0.6 is 0 Å². The van der Waals surface area contributed by atoms with Crippen molar-refractivity contribution in [1.82, 2.24) is 9.78 Å². The summed E-state index contributed by atoms with van der Waals surface area (Å²) < 4.78 is 27.9. The monoisotopic (exact) mass is 267 g/mol. The first kappa shape index (κ1) is 12.4. The molecule has 0 atom stereocenters. The second-order valence-corrected chi connectivity index (χ2v) is 5.58. The van der Waals surface area contributed by atoms with Crippen molar-refractivity contribution in [1.29, 1.82) is 0 Å². The number of phenolic OH excluding ortho intramolecular Hbond substituents is 1. The van der Waals surface area contributed by atoms with E-state index in [0.29, 0.717) is 0 Å². The minimum atomic E-state index is -3.73. The molecule has 18 heavy (non-hydrogen) atoms. The number of aryl methyl sites for hydroxylation is 2. The predicted molar refractivity (Wildman–Crippen MR) is 66.9 cm³/mol. The second kappa shape index (κ2) is 4.34. The fourth-order valence-electron chi connectivity index (χ4n) is 1.46. The van der Waals surface area contributed by atoms with Crippen LogP contribution in [0.1, 0.15) is 5.69 Å². The zero-order valence-electron chi connectivity index (χ0n) is 9.95. The van der Waals surface area contributed by atoms with Crippen LogP contribution < -0.4 is 4.72 Å². The van der Waals surface area contributed by atoms with Gasteiger partial charge in [-0.25, -0.2) is 8.42 Å². The van der Waals surface area contributed by atoms with Crippen molar-refractivity contribution in [2.45, 2.75) is 11.8 Å². The van der Waals surface area contributed by atoms with Crippen molar-refractivity contribution < 1.29 is 13.5 Å². The Bertz CT molecular complexity index is 657. The number of phenols is 1. The molecule has 0 fully saturated rings. The quantitative estimate of drug-likeness (QED) is 0.876. The van der Waals surface area contributed by atoms with Crippen molar-refractivity contribution in [3.8, 4) is 5.75 Å². The lowest BCUT2D eigenvalue weighted by atomic mass is 10.3. The van der Waals surface area contributed by atoms with Crippen LogP contribution in [0.3, 0.4) is 0 Å².